The van der Waals surface area contributed by atoms with Gasteiger partial charge in [0.25, 0.3) is 0 Å². The molecule has 1 aliphatic carbocycles. The normalized spacial score (nSPS) is 16.1. The number of carbonyl (C=O) groups is 1. The standard InChI is InChI=1S/C13H12BrFO/c14-11-5-10(6-12(15)8-11)4-9-2-1-3-13(16)7-9/h5-8H,1-4H2. The molecule has 0 saturated carbocycles. The SMILES string of the molecule is O=C1C=C(Cc2cc(F)cc(Br)c2)CCC1. The van der Waals surface area contributed by atoms with E-state index in [0.29, 0.717) is 12.8 Å². The van der Waals surface area contributed by atoms with Gasteiger partial charge in [-0.3, -0.25) is 4.79 Å². The van der Waals surface area contributed by atoms with E-state index in [1.165, 1.54) is 12.1 Å². The second kappa shape index (κ2) is 4.91. The largest absolute Gasteiger partial charge is 0.295 e. The zero-order chi connectivity index (χ0) is 11.5. The molecule has 3 heteroatoms. The molecule has 1 aromatic rings. The number of hydrogen-bond donors (Lipinski definition) is 0. The summed E-state index contributed by atoms with van der Waals surface area (Å²) in [5.41, 5.74) is 2.02. The number of halogens is 2. The first-order valence-corrected chi connectivity index (χ1v) is 6.10. The van der Waals surface area contributed by atoms with Crippen molar-refractivity contribution >= 4 is 21.7 Å². The summed E-state index contributed by atoms with van der Waals surface area (Å²) >= 11 is 3.26. The molecule has 0 atom stereocenters. The predicted molar refractivity (Wildman–Crippen MR) is 64.7 cm³/mol. The van der Waals surface area contributed by atoms with Crippen molar-refractivity contribution in [1.29, 1.82) is 0 Å². The maximum atomic E-state index is 13.1. The Morgan fingerprint density at radius 1 is 1.25 bits per heavy atom. The van der Waals surface area contributed by atoms with Crippen molar-refractivity contribution in [2.45, 2.75) is 25.7 Å². The first kappa shape index (κ1) is 11.5. The summed E-state index contributed by atoms with van der Waals surface area (Å²) in [6.45, 7) is 0. The van der Waals surface area contributed by atoms with Crippen molar-refractivity contribution in [3.63, 3.8) is 0 Å². The average molecular weight is 283 g/mol. The highest BCUT2D eigenvalue weighted by atomic mass is 79.9. The smallest absolute Gasteiger partial charge is 0.155 e. The molecule has 2 rings (SSSR count). The number of allylic oxidation sites excluding steroid dienone is 2. The van der Waals surface area contributed by atoms with Crippen molar-refractivity contribution in [3.8, 4) is 0 Å². The Labute approximate surface area is 102 Å². The first-order valence-electron chi connectivity index (χ1n) is 5.31. The molecular weight excluding hydrogens is 271 g/mol. The molecule has 0 bridgehead atoms. The lowest BCUT2D eigenvalue weighted by Gasteiger charge is -2.12. The van der Waals surface area contributed by atoms with E-state index in [-0.39, 0.29) is 11.6 Å². The molecule has 16 heavy (non-hydrogen) atoms. The van der Waals surface area contributed by atoms with Crippen molar-refractivity contribution in [2.75, 3.05) is 0 Å². The molecule has 0 spiro atoms. The topological polar surface area (TPSA) is 17.1 Å². The third kappa shape index (κ3) is 3.01. The summed E-state index contributed by atoms with van der Waals surface area (Å²) in [7, 11) is 0. The molecule has 0 unspecified atom stereocenters. The maximum Gasteiger partial charge on any atom is 0.155 e. The van der Waals surface area contributed by atoms with Gasteiger partial charge in [0.15, 0.2) is 5.78 Å². The van der Waals surface area contributed by atoms with Gasteiger partial charge in [0.05, 0.1) is 0 Å². The van der Waals surface area contributed by atoms with E-state index >= 15 is 0 Å². The molecule has 0 radical (unpaired) electrons. The summed E-state index contributed by atoms with van der Waals surface area (Å²) in [6.07, 6.45) is 4.89. The van der Waals surface area contributed by atoms with Crippen LogP contribution >= 0.6 is 15.9 Å². The Morgan fingerprint density at radius 2 is 2.06 bits per heavy atom. The number of rotatable bonds is 2. The fraction of sp³-hybridized carbons (Fsp3) is 0.308. The fourth-order valence-corrected chi connectivity index (χ4v) is 2.49. The van der Waals surface area contributed by atoms with Gasteiger partial charge >= 0.3 is 0 Å². The zero-order valence-corrected chi connectivity index (χ0v) is 10.4. The van der Waals surface area contributed by atoms with Crippen LogP contribution in [-0.2, 0) is 11.2 Å². The summed E-state index contributed by atoms with van der Waals surface area (Å²) in [4.78, 5) is 11.2. The van der Waals surface area contributed by atoms with Crippen LogP contribution in [0.2, 0.25) is 0 Å². The maximum absolute atomic E-state index is 13.1. The van der Waals surface area contributed by atoms with Crippen LogP contribution < -0.4 is 0 Å². The molecule has 0 heterocycles. The Morgan fingerprint density at radius 3 is 2.75 bits per heavy atom. The summed E-state index contributed by atoms with van der Waals surface area (Å²) in [5, 5.41) is 0. The average Bonchev–Trinajstić information content (AvgIpc) is 2.15. The Hall–Kier alpha value is -0.960. The second-order valence-electron chi connectivity index (χ2n) is 4.08. The van der Waals surface area contributed by atoms with Gasteiger partial charge in [0, 0.05) is 10.9 Å². The van der Waals surface area contributed by atoms with Gasteiger partial charge in [-0.2, -0.15) is 0 Å². The molecule has 1 aromatic carbocycles. The molecule has 0 fully saturated rings. The van der Waals surface area contributed by atoms with Gasteiger partial charge in [-0.25, -0.2) is 4.39 Å². The molecule has 0 saturated heterocycles. The fourth-order valence-electron chi connectivity index (χ4n) is 1.98. The molecule has 0 aromatic heterocycles. The number of hydrogen-bond acceptors (Lipinski definition) is 1. The van der Waals surface area contributed by atoms with Crippen LogP contribution in [-0.4, -0.2) is 5.78 Å². The predicted octanol–water partition coefficient (Wildman–Crippen LogP) is 3.81. The highest BCUT2D eigenvalue weighted by Crippen LogP contribution is 2.22. The molecule has 0 N–H and O–H groups in total. The van der Waals surface area contributed by atoms with Crippen LogP contribution in [0.3, 0.4) is 0 Å². The van der Waals surface area contributed by atoms with Crippen LogP contribution in [0.4, 0.5) is 4.39 Å². The summed E-state index contributed by atoms with van der Waals surface area (Å²) < 4.78 is 13.9. The van der Waals surface area contributed by atoms with Crippen LogP contribution in [0.15, 0.2) is 34.3 Å². The Kier molecular flexibility index (Phi) is 3.54. The number of ketones is 1. The third-order valence-electron chi connectivity index (χ3n) is 2.64. The first-order chi connectivity index (χ1) is 7.63. The van der Waals surface area contributed by atoms with Crippen LogP contribution in [0.1, 0.15) is 24.8 Å². The number of benzene rings is 1. The van der Waals surface area contributed by atoms with Crippen molar-refractivity contribution in [2.24, 2.45) is 0 Å². The van der Waals surface area contributed by atoms with E-state index in [0.717, 1.165) is 28.5 Å². The molecule has 0 aliphatic heterocycles. The van der Waals surface area contributed by atoms with E-state index in [2.05, 4.69) is 15.9 Å². The lowest BCUT2D eigenvalue weighted by molar-refractivity contribution is -0.115. The van der Waals surface area contributed by atoms with Crippen LogP contribution in [0, 0.1) is 5.82 Å². The van der Waals surface area contributed by atoms with Crippen LogP contribution in [0.5, 0.6) is 0 Å². The van der Waals surface area contributed by atoms with E-state index in [1.807, 2.05) is 6.07 Å². The van der Waals surface area contributed by atoms with Crippen molar-refractivity contribution in [3.05, 3.63) is 45.7 Å². The lowest BCUT2D eigenvalue weighted by Crippen LogP contribution is -2.04. The van der Waals surface area contributed by atoms with Gasteiger partial charge in [-0.15, -0.1) is 0 Å². The monoisotopic (exact) mass is 282 g/mol. The van der Waals surface area contributed by atoms with Crippen molar-refractivity contribution in [1.82, 2.24) is 0 Å². The lowest BCUT2D eigenvalue weighted by atomic mass is 9.93. The van der Waals surface area contributed by atoms with E-state index in [1.54, 1.807) is 6.08 Å². The van der Waals surface area contributed by atoms with E-state index in [4.69, 9.17) is 0 Å². The van der Waals surface area contributed by atoms with E-state index < -0.39 is 0 Å². The zero-order valence-electron chi connectivity index (χ0n) is 8.80. The van der Waals surface area contributed by atoms with Gasteiger partial charge in [0.1, 0.15) is 5.82 Å². The second-order valence-corrected chi connectivity index (χ2v) is 4.99. The Balaban J connectivity index is 2.17. The highest BCUT2D eigenvalue weighted by Gasteiger charge is 2.10. The molecular formula is C13H12BrFO. The number of carbonyl (C=O) groups excluding carboxylic acids is 1. The highest BCUT2D eigenvalue weighted by molar-refractivity contribution is 9.10. The van der Waals surface area contributed by atoms with Crippen molar-refractivity contribution < 1.29 is 9.18 Å². The van der Waals surface area contributed by atoms with Gasteiger partial charge in [0.2, 0.25) is 0 Å². The quantitative estimate of drug-likeness (QED) is 0.806. The minimum absolute atomic E-state index is 0.191. The molecule has 1 aliphatic rings. The summed E-state index contributed by atoms with van der Waals surface area (Å²) in [6, 6.07) is 4.84. The molecule has 84 valence electrons. The van der Waals surface area contributed by atoms with Crippen LogP contribution in [0.25, 0.3) is 0 Å². The van der Waals surface area contributed by atoms with E-state index in [9.17, 15) is 9.18 Å². The van der Waals surface area contributed by atoms with Gasteiger partial charge in [-0.05, 0) is 49.1 Å². The van der Waals surface area contributed by atoms with Gasteiger partial charge < -0.3 is 0 Å². The molecule has 0 amide bonds. The minimum Gasteiger partial charge on any atom is -0.295 e. The minimum atomic E-state index is -0.243. The Bertz CT molecular complexity index is 431. The third-order valence-corrected chi connectivity index (χ3v) is 3.10. The summed E-state index contributed by atoms with van der Waals surface area (Å²) in [5.74, 6) is -0.0520. The van der Waals surface area contributed by atoms with Gasteiger partial charge in [-0.1, -0.05) is 21.5 Å². The molecule has 1 nitrogen and oxygen atoms in total.